The van der Waals surface area contributed by atoms with E-state index in [4.69, 9.17) is 0 Å². The van der Waals surface area contributed by atoms with Crippen LogP contribution in [0, 0.1) is 5.92 Å². The lowest BCUT2D eigenvalue weighted by Gasteiger charge is -2.33. The van der Waals surface area contributed by atoms with Crippen molar-refractivity contribution in [1.29, 1.82) is 0 Å². The molecule has 1 amide bonds. The van der Waals surface area contributed by atoms with E-state index >= 15 is 0 Å². The minimum absolute atomic E-state index is 0.0546. The van der Waals surface area contributed by atoms with E-state index in [-0.39, 0.29) is 17.2 Å². The van der Waals surface area contributed by atoms with Gasteiger partial charge in [0.25, 0.3) is 0 Å². The molecule has 1 fully saturated rings. The number of hydrogen-bond donors (Lipinski definition) is 2. The Bertz CT molecular complexity index is 434. The molecule has 1 aliphatic rings. The van der Waals surface area contributed by atoms with Crippen LogP contribution in [0.4, 0.5) is 0 Å². The Labute approximate surface area is 128 Å². The van der Waals surface area contributed by atoms with Crippen molar-refractivity contribution >= 4 is 5.91 Å². The molecule has 0 aliphatic carbocycles. The molecule has 1 aromatic rings. The van der Waals surface area contributed by atoms with E-state index in [1.807, 2.05) is 6.07 Å². The van der Waals surface area contributed by atoms with Crippen LogP contribution in [-0.4, -0.2) is 25.5 Å². The molecular formula is C18H28N2O. The first-order valence-corrected chi connectivity index (χ1v) is 8.26. The van der Waals surface area contributed by atoms with E-state index in [1.54, 1.807) is 0 Å². The molecule has 0 saturated carbocycles. The Hall–Kier alpha value is -1.35. The molecular weight excluding hydrogens is 260 g/mol. The van der Waals surface area contributed by atoms with Crippen molar-refractivity contribution in [3.05, 3.63) is 35.9 Å². The Morgan fingerprint density at radius 3 is 2.57 bits per heavy atom. The second-order valence-corrected chi connectivity index (χ2v) is 6.11. The Morgan fingerprint density at radius 2 is 2.00 bits per heavy atom. The Morgan fingerprint density at radius 1 is 1.29 bits per heavy atom. The summed E-state index contributed by atoms with van der Waals surface area (Å²) in [5.41, 5.74) is 1.39. The van der Waals surface area contributed by atoms with Crippen LogP contribution in [0.3, 0.4) is 0 Å². The first-order chi connectivity index (χ1) is 10.2. The van der Waals surface area contributed by atoms with Crippen molar-refractivity contribution in [2.24, 2.45) is 5.92 Å². The first-order valence-electron chi connectivity index (χ1n) is 8.26. The highest BCUT2D eigenvalue weighted by atomic mass is 16.1. The standard InChI is InChI=1S/C18H28N2O/c1-3-18(4-2,16-10-6-5-7-11-16)14-20-17(21)15-9-8-12-19-13-15/h5-7,10-11,15,19H,3-4,8-9,12-14H2,1-2H3,(H,20,21). The fourth-order valence-corrected chi connectivity index (χ4v) is 3.28. The van der Waals surface area contributed by atoms with Gasteiger partial charge in [-0.3, -0.25) is 4.79 Å². The summed E-state index contributed by atoms with van der Waals surface area (Å²) in [6, 6.07) is 10.6. The summed E-state index contributed by atoms with van der Waals surface area (Å²) in [6.45, 7) is 7.03. The van der Waals surface area contributed by atoms with Gasteiger partial charge in [0.05, 0.1) is 5.92 Å². The number of piperidine rings is 1. The maximum absolute atomic E-state index is 12.4. The molecule has 0 radical (unpaired) electrons. The number of rotatable bonds is 6. The average molecular weight is 288 g/mol. The molecule has 0 spiro atoms. The Kier molecular flexibility index (Phi) is 5.80. The molecule has 0 bridgehead atoms. The van der Waals surface area contributed by atoms with Crippen LogP contribution in [0.25, 0.3) is 0 Å². The summed E-state index contributed by atoms with van der Waals surface area (Å²) in [7, 11) is 0. The molecule has 0 aromatic heterocycles. The first kappa shape index (κ1) is 16.0. The van der Waals surface area contributed by atoms with Crippen molar-refractivity contribution < 1.29 is 4.79 Å². The van der Waals surface area contributed by atoms with Gasteiger partial charge in [0.1, 0.15) is 0 Å². The summed E-state index contributed by atoms with van der Waals surface area (Å²) < 4.78 is 0. The molecule has 3 heteroatoms. The number of hydrogen-bond acceptors (Lipinski definition) is 2. The molecule has 21 heavy (non-hydrogen) atoms. The summed E-state index contributed by atoms with van der Waals surface area (Å²) in [6.07, 6.45) is 4.19. The number of carbonyl (C=O) groups is 1. The molecule has 1 atom stereocenters. The van der Waals surface area contributed by atoms with E-state index < -0.39 is 0 Å². The van der Waals surface area contributed by atoms with E-state index in [1.165, 1.54) is 5.56 Å². The number of carbonyl (C=O) groups excluding carboxylic acids is 1. The molecule has 1 aliphatic heterocycles. The highest BCUT2D eigenvalue weighted by Crippen LogP contribution is 2.31. The van der Waals surface area contributed by atoms with E-state index in [0.29, 0.717) is 0 Å². The second kappa shape index (κ2) is 7.60. The molecule has 2 rings (SSSR count). The smallest absolute Gasteiger partial charge is 0.224 e. The van der Waals surface area contributed by atoms with Crippen LogP contribution in [0.2, 0.25) is 0 Å². The third kappa shape index (κ3) is 3.85. The third-order valence-electron chi connectivity index (χ3n) is 5.01. The molecule has 3 nitrogen and oxygen atoms in total. The molecule has 1 heterocycles. The van der Waals surface area contributed by atoms with Crippen LogP contribution in [0.15, 0.2) is 30.3 Å². The lowest BCUT2D eigenvalue weighted by molar-refractivity contribution is -0.125. The monoisotopic (exact) mass is 288 g/mol. The fraction of sp³-hybridized carbons (Fsp3) is 0.611. The maximum atomic E-state index is 12.4. The predicted octanol–water partition coefficient (Wildman–Crippen LogP) is 2.86. The molecule has 1 saturated heterocycles. The highest BCUT2D eigenvalue weighted by molar-refractivity contribution is 5.79. The molecule has 1 aromatic carbocycles. The van der Waals surface area contributed by atoms with Gasteiger partial charge in [0.2, 0.25) is 5.91 Å². The quantitative estimate of drug-likeness (QED) is 0.845. The summed E-state index contributed by atoms with van der Waals surface area (Å²) in [4.78, 5) is 12.4. The predicted molar refractivity (Wildman–Crippen MR) is 87.3 cm³/mol. The normalized spacial score (nSPS) is 19.2. The average Bonchev–Trinajstić information content (AvgIpc) is 2.58. The van der Waals surface area contributed by atoms with Crippen LogP contribution >= 0.6 is 0 Å². The largest absolute Gasteiger partial charge is 0.355 e. The van der Waals surface area contributed by atoms with Crippen LogP contribution < -0.4 is 10.6 Å². The fourth-order valence-electron chi connectivity index (χ4n) is 3.28. The van der Waals surface area contributed by atoms with Crippen molar-refractivity contribution in [2.75, 3.05) is 19.6 Å². The van der Waals surface area contributed by atoms with Crippen molar-refractivity contribution in [2.45, 2.75) is 44.9 Å². The minimum atomic E-state index is 0.0546. The zero-order valence-corrected chi connectivity index (χ0v) is 13.3. The second-order valence-electron chi connectivity index (χ2n) is 6.11. The van der Waals surface area contributed by atoms with E-state index in [9.17, 15) is 4.79 Å². The van der Waals surface area contributed by atoms with E-state index in [2.05, 4.69) is 48.7 Å². The number of benzene rings is 1. The van der Waals surface area contributed by atoms with Crippen LogP contribution in [0.5, 0.6) is 0 Å². The maximum Gasteiger partial charge on any atom is 0.224 e. The van der Waals surface area contributed by atoms with Gasteiger partial charge in [-0.05, 0) is 37.8 Å². The summed E-state index contributed by atoms with van der Waals surface area (Å²) >= 11 is 0. The van der Waals surface area contributed by atoms with Gasteiger partial charge in [-0.2, -0.15) is 0 Å². The zero-order valence-electron chi connectivity index (χ0n) is 13.3. The topological polar surface area (TPSA) is 41.1 Å². The molecule has 2 N–H and O–H groups in total. The summed E-state index contributed by atoms with van der Waals surface area (Å²) in [5, 5.41) is 6.53. The van der Waals surface area contributed by atoms with Crippen molar-refractivity contribution in [1.82, 2.24) is 10.6 Å². The van der Waals surface area contributed by atoms with E-state index in [0.717, 1.165) is 45.3 Å². The highest BCUT2D eigenvalue weighted by Gasteiger charge is 2.30. The van der Waals surface area contributed by atoms with Crippen molar-refractivity contribution in [3.8, 4) is 0 Å². The van der Waals surface area contributed by atoms with Crippen molar-refractivity contribution in [3.63, 3.8) is 0 Å². The van der Waals surface area contributed by atoms with Gasteiger partial charge in [0.15, 0.2) is 0 Å². The lowest BCUT2D eigenvalue weighted by atomic mass is 9.75. The SMILES string of the molecule is CCC(CC)(CNC(=O)C1CCCNC1)c1ccccc1. The summed E-state index contributed by atoms with van der Waals surface area (Å²) in [5.74, 6) is 0.352. The Balaban J connectivity index is 2.01. The lowest BCUT2D eigenvalue weighted by Crippen LogP contribution is -2.45. The van der Waals surface area contributed by atoms with Crippen LogP contribution in [0.1, 0.15) is 45.1 Å². The zero-order chi connectivity index (χ0) is 15.1. The van der Waals surface area contributed by atoms with Gasteiger partial charge in [-0.25, -0.2) is 0 Å². The minimum Gasteiger partial charge on any atom is -0.355 e. The molecule has 116 valence electrons. The molecule has 1 unspecified atom stereocenters. The van der Waals surface area contributed by atoms with Gasteiger partial charge >= 0.3 is 0 Å². The third-order valence-corrected chi connectivity index (χ3v) is 5.01. The number of nitrogens with one attached hydrogen (secondary N) is 2. The van der Waals surface area contributed by atoms with Gasteiger partial charge < -0.3 is 10.6 Å². The van der Waals surface area contributed by atoms with Gasteiger partial charge in [-0.15, -0.1) is 0 Å². The van der Waals surface area contributed by atoms with Crippen LogP contribution in [-0.2, 0) is 10.2 Å². The number of amides is 1. The van der Waals surface area contributed by atoms with Gasteiger partial charge in [-0.1, -0.05) is 44.2 Å². The van der Waals surface area contributed by atoms with Gasteiger partial charge in [0, 0.05) is 18.5 Å².